The lowest BCUT2D eigenvalue weighted by Crippen LogP contribution is -2.35. The van der Waals surface area contributed by atoms with Crippen LogP contribution in [0.2, 0.25) is 10.3 Å². The molecule has 0 saturated carbocycles. The van der Waals surface area contributed by atoms with E-state index in [1.807, 2.05) is 0 Å². The predicted octanol–water partition coefficient (Wildman–Crippen LogP) is 2.89. The molecule has 1 aliphatic heterocycles. The molecule has 0 spiro atoms. The fourth-order valence-corrected chi connectivity index (χ4v) is 2.62. The zero-order chi connectivity index (χ0) is 13.8. The largest absolute Gasteiger partial charge is 0.381 e. The lowest BCUT2D eigenvalue weighted by Gasteiger charge is -2.27. The normalized spacial score (nSPS) is 19.2. The van der Waals surface area contributed by atoms with E-state index in [-0.39, 0.29) is 16.2 Å². The number of halogens is 2. The molecular formula is C13H16Cl2N2O2. The summed E-state index contributed by atoms with van der Waals surface area (Å²) in [6.45, 7) is 2.20. The SMILES string of the molecule is CN(CC1CCCOC1)C(=O)c1ccc(Cl)nc1Cl. The van der Waals surface area contributed by atoms with E-state index >= 15 is 0 Å². The molecule has 6 heteroatoms. The van der Waals surface area contributed by atoms with Crippen molar-refractivity contribution in [2.24, 2.45) is 5.92 Å². The molecule has 1 amide bonds. The third-order valence-electron chi connectivity index (χ3n) is 3.18. The smallest absolute Gasteiger partial charge is 0.256 e. The van der Waals surface area contributed by atoms with Crippen LogP contribution in [0, 0.1) is 5.92 Å². The highest BCUT2D eigenvalue weighted by atomic mass is 35.5. The summed E-state index contributed by atoms with van der Waals surface area (Å²) < 4.78 is 5.41. The molecule has 104 valence electrons. The molecule has 2 rings (SSSR count). The number of pyridine rings is 1. The first-order chi connectivity index (χ1) is 9.08. The Morgan fingerprint density at radius 1 is 1.53 bits per heavy atom. The molecular weight excluding hydrogens is 287 g/mol. The third kappa shape index (κ3) is 3.81. The number of carbonyl (C=O) groups excluding carboxylic acids is 1. The molecule has 1 aromatic heterocycles. The Morgan fingerprint density at radius 3 is 2.95 bits per heavy atom. The number of hydrogen-bond donors (Lipinski definition) is 0. The molecule has 1 atom stereocenters. The molecule has 2 heterocycles. The Balaban J connectivity index is 2.01. The highest BCUT2D eigenvalue weighted by molar-refractivity contribution is 6.34. The Labute approximate surface area is 122 Å². The molecule has 1 unspecified atom stereocenters. The lowest BCUT2D eigenvalue weighted by atomic mass is 10.0. The molecule has 0 radical (unpaired) electrons. The van der Waals surface area contributed by atoms with Crippen molar-refractivity contribution in [3.8, 4) is 0 Å². The fraction of sp³-hybridized carbons (Fsp3) is 0.538. The van der Waals surface area contributed by atoms with Crippen LogP contribution in [-0.2, 0) is 4.74 Å². The van der Waals surface area contributed by atoms with E-state index in [4.69, 9.17) is 27.9 Å². The number of aromatic nitrogens is 1. The second kappa shape index (κ2) is 6.55. The Bertz CT molecular complexity index is 462. The monoisotopic (exact) mass is 302 g/mol. The maximum atomic E-state index is 12.3. The van der Waals surface area contributed by atoms with E-state index in [9.17, 15) is 4.79 Å². The van der Waals surface area contributed by atoms with Gasteiger partial charge >= 0.3 is 0 Å². The summed E-state index contributed by atoms with van der Waals surface area (Å²) in [5.74, 6) is 0.251. The highest BCUT2D eigenvalue weighted by Gasteiger charge is 2.21. The number of carbonyl (C=O) groups is 1. The predicted molar refractivity (Wildman–Crippen MR) is 74.8 cm³/mol. The molecule has 1 aromatic rings. The average molecular weight is 303 g/mol. The molecule has 0 aromatic carbocycles. The molecule has 1 aliphatic rings. The summed E-state index contributed by atoms with van der Waals surface area (Å²) in [4.78, 5) is 17.8. The number of rotatable bonds is 3. The minimum Gasteiger partial charge on any atom is -0.381 e. The lowest BCUT2D eigenvalue weighted by molar-refractivity contribution is 0.0388. The van der Waals surface area contributed by atoms with Gasteiger partial charge in [-0.25, -0.2) is 4.98 Å². The average Bonchev–Trinajstić information content (AvgIpc) is 2.39. The van der Waals surface area contributed by atoms with Crippen molar-refractivity contribution >= 4 is 29.1 Å². The standard InChI is InChI=1S/C13H16Cl2N2O2/c1-17(7-9-3-2-6-19-8-9)13(18)10-4-5-11(14)16-12(10)15/h4-5,9H,2-3,6-8H2,1H3. The van der Waals surface area contributed by atoms with E-state index in [1.54, 1.807) is 24.1 Å². The quantitative estimate of drug-likeness (QED) is 0.806. The van der Waals surface area contributed by atoms with Crippen LogP contribution in [0.4, 0.5) is 0 Å². The Hall–Kier alpha value is -0.840. The van der Waals surface area contributed by atoms with Crippen LogP contribution in [0.25, 0.3) is 0 Å². The number of hydrogen-bond acceptors (Lipinski definition) is 3. The van der Waals surface area contributed by atoms with Crippen molar-refractivity contribution in [2.75, 3.05) is 26.8 Å². The van der Waals surface area contributed by atoms with E-state index in [2.05, 4.69) is 4.98 Å². The molecule has 4 nitrogen and oxygen atoms in total. The first-order valence-corrected chi connectivity index (χ1v) is 6.99. The maximum absolute atomic E-state index is 12.3. The topological polar surface area (TPSA) is 42.4 Å². The van der Waals surface area contributed by atoms with Crippen molar-refractivity contribution < 1.29 is 9.53 Å². The van der Waals surface area contributed by atoms with Crippen molar-refractivity contribution in [1.82, 2.24) is 9.88 Å². The van der Waals surface area contributed by atoms with Crippen LogP contribution in [0.5, 0.6) is 0 Å². The number of nitrogens with zero attached hydrogens (tertiary/aromatic N) is 2. The van der Waals surface area contributed by atoms with Gasteiger partial charge in [-0.15, -0.1) is 0 Å². The van der Waals surface area contributed by atoms with Crippen LogP contribution in [-0.4, -0.2) is 42.6 Å². The van der Waals surface area contributed by atoms with Crippen molar-refractivity contribution in [1.29, 1.82) is 0 Å². The van der Waals surface area contributed by atoms with Gasteiger partial charge < -0.3 is 9.64 Å². The van der Waals surface area contributed by atoms with Gasteiger partial charge in [0.2, 0.25) is 0 Å². The van der Waals surface area contributed by atoms with Crippen molar-refractivity contribution in [3.63, 3.8) is 0 Å². The second-order valence-electron chi connectivity index (χ2n) is 4.74. The van der Waals surface area contributed by atoms with E-state index in [0.717, 1.165) is 19.4 Å². The van der Waals surface area contributed by atoms with Crippen LogP contribution >= 0.6 is 23.2 Å². The van der Waals surface area contributed by atoms with Crippen LogP contribution in [0.15, 0.2) is 12.1 Å². The molecule has 0 aliphatic carbocycles. The van der Waals surface area contributed by atoms with Crippen molar-refractivity contribution in [2.45, 2.75) is 12.8 Å². The van der Waals surface area contributed by atoms with Gasteiger partial charge in [-0.3, -0.25) is 4.79 Å². The third-order valence-corrected chi connectivity index (χ3v) is 3.68. The van der Waals surface area contributed by atoms with E-state index in [0.29, 0.717) is 24.6 Å². The summed E-state index contributed by atoms with van der Waals surface area (Å²) in [7, 11) is 1.77. The van der Waals surface area contributed by atoms with Gasteiger partial charge in [-0.2, -0.15) is 0 Å². The van der Waals surface area contributed by atoms with Crippen LogP contribution in [0.3, 0.4) is 0 Å². The van der Waals surface area contributed by atoms with Gasteiger partial charge in [0.15, 0.2) is 0 Å². The molecule has 1 fully saturated rings. The summed E-state index contributed by atoms with van der Waals surface area (Å²) in [5.41, 5.74) is 0.380. The van der Waals surface area contributed by atoms with Gasteiger partial charge in [0, 0.05) is 20.2 Å². The van der Waals surface area contributed by atoms with Gasteiger partial charge in [0.1, 0.15) is 10.3 Å². The van der Waals surface area contributed by atoms with Gasteiger partial charge in [-0.1, -0.05) is 23.2 Å². The zero-order valence-electron chi connectivity index (χ0n) is 10.7. The first-order valence-electron chi connectivity index (χ1n) is 6.23. The molecule has 1 saturated heterocycles. The Kier molecular flexibility index (Phi) is 5.02. The van der Waals surface area contributed by atoms with Crippen LogP contribution < -0.4 is 0 Å². The minimum atomic E-state index is -0.139. The molecule has 19 heavy (non-hydrogen) atoms. The number of amides is 1. The zero-order valence-corrected chi connectivity index (χ0v) is 12.2. The fourth-order valence-electron chi connectivity index (χ4n) is 2.20. The van der Waals surface area contributed by atoms with E-state index < -0.39 is 0 Å². The number of ether oxygens (including phenoxy) is 1. The van der Waals surface area contributed by atoms with Gasteiger partial charge in [0.05, 0.1) is 12.2 Å². The maximum Gasteiger partial charge on any atom is 0.256 e. The van der Waals surface area contributed by atoms with Gasteiger partial charge in [0.25, 0.3) is 5.91 Å². The molecule has 0 N–H and O–H groups in total. The Morgan fingerprint density at radius 2 is 2.32 bits per heavy atom. The minimum absolute atomic E-state index is 0.139. The summed E-state index contributed by atoms with van der Waals surface area (Å²) in [5, 5.41) is 0.425. The van der Waals surface area contributed by atoms with Gasteiger partial charge in [-0.05, 0) is 30.9 Å². The summed E-state index contributed by atoms with van der Waals surface area (Å²) in [6, 6.07) is 3.17. The van der Waals surface area contributed by atoms with Crippen LogP contribution in [0.1, 0.15) is 23.2 Å². The summed E-state index contributed by atoms with van der Waals surface area (Å²) >= 11 is 11.7. The summed E-state index contributed by atoms with van der Waals surface area (Å²) in [6.07, 6.45) is 2.14. The highest BCUT2D eigenvalue weighted by Crippen LogP contribution is 2.20. The first kappa shape index (κ1) is 14.6. The van der Waals surface area contributed by atoms with E-state index in [1.165, 1.54) is 0 Å². The van der Waals surface area contributed by atoms with Crippen molar-refractivity contribution in [3.05, 3.63) is 28.0 Å². The molecule has 0 bridgehead atoms. The second-order valence-corrected chi connectivity index (χ2v) is 5.49.